The smallest absolute Gasteiger partial charge is 0.407 e. The monoisotopic (exact) mass is 291 g/mol. The number of rotatable bonds is 5. The molecule has 0 spiro atoms. The second kappa shape index (κ2) is 7.45. The molecule has 104 valence electrons. The highest BCUT2D eigenvalue weighted by atomic mass is 35.5. The Bertz CT molecular complexity index is 546. The van der Waals surface area contributed by atoms with Crippen molar-refractivity contribution >= 4 is 17.7 Å². The Balaban J connectivity index is 1.74. The third-order valence-electron chi connectivity index (χ3n) is 2.52. The molecule has 0 radical (unpaired) electrons. The number of benzene rings is 1. The van der Waals surface area contributed by atoms with Crippen LogP contribution in [0, 0.1) is 0 Å². The van der Waals surface area contributed by atoms with E-state index in [2.05, 4.69) is 15.3 Å². The number of nitrogens with zero attached hydrogens (tertiary/aromatic N) is 2. The number of hydrogen-bond donors (Lipinski definition) is 1. The summed E-state index contributed by atoms with van der Waals surface area (Å²) in [7, 11) is 0. The number of alkyl halides is 1. The molecule has 0 bridgehead atoms. The molecule has 1 amide bonds. The van der Waals surface area contributed by atoms with Crippen molar-refractivity contribution in [2.75, 3.05) is 0 Å². The van der Waals surface area contributed by atoms with Gasteiger partial charge in [0.1, 0.15) is 12.4 Å². The Labute approximate surface area is 122 Å². The lowest BCUT2D eigenvalue weighted by Gasteiger charge is -2.06. The van der Waals surface area contributed by atoms with Crippen LogP contribution in [0.1, 0.15) is 17.0 Å². The Morgan fingerprint density at radius 1 is 1.15 bits per heavy atom. The summed E-state index contributed by atoms with van der Waals surface area (Å²) in [6, 6.07) is 9.47. The van der Waals surface area contributed by atoms with Crippen molar-refractivity contribution in [2.24, 2.45) is 0 Å². The van der Waals surface area contributed by atoms with E-state index in [9.17, 15) is 4.79 Å². The first-order chi connectivity index (χ1) is 9.78. The van der Waals surface area contributed by atoms with E-state index in [1.165, 1.54) is 0 Å². The van der Waals surface area contributed by atoms with Crippen molar-refractivity contribution < 1.29 is 9.53 Å². The summed E-state index contributed by atoms with van der Waals surface area (Å²) in [5.74, 6) is 0.878. The van der Waals surface area contributed by atoms with Gasteiger partial charge in [-0.1, -0.05) is 30.3 Å². The van der Waals surface area contributed by atoms with Gasteiger partial charge >= 0.3 is 6.09 Å². The van der Waals surface area contributed by atoms with Crippen molar-refractivity contribution in [3.05, 3.63) is 59.7 Å². The molecule has 1 N–H and O–H groups in total. The number of aromatic nitrogens is 2. The Morgan fingerprint density at radius 3 is 2.50 bits per heavy atom. The summed E-state index contributed by atoms with van der Waals surface area (Å²) in [5, 5.41) is 2.59. The van der Waals surface area contributed by atoms with Crippen LogP contribution in [-0.4, -0.2) is 16.1 Å². The predicted molar refractivity (Wildman–Crippen MR) is 75.1 cm³/mol. The summed E-state index contributed by atoms with van der Waals surface area (Å²) in [4.78, 5) is 19.7. The van der Waals surface area contributed by atoms with Gasteiger partial charge in [0.05, 0.1) is 12.4 Å². The van der Waals surface area contributed by atoms with E-state index >= 15 is 0 Å². The average Bonchev–Trinajstić information content (AvgIpc) is 2.52. The van der Waals surface area contributed by atoms with Crippen LogP contribution < -0.4 is 5.32 Å². The van der Waals surface area contributed by atoms with Gasteiger partial charge in [-0.25, -0.2) is 14.8 Å². The molecule has 20 heavy (non-hydrogen) atoms. The molecule has 5 nitrogen and oxygen atoms in total. The minimum atomic E-state index is -0.501. The first kappa shape index (κ1) is 14.3. The molecule has 0 atom stereocenters. The van der Waals surface area contributed by atoms with Gasteiger partial charge in [0.25, 0.3) is 0 Å². The third kappa shape index (κ3) is 4.51. The van der Waals surface area contributed by atoms with E-state index in [1.807, 2.05) is 30.3 Å². The number of carbonyl (C=O) groups is 1. The van der Waals surface area contributed by atoms with Crippen LogP contribution in [0.2, 0.25) is 0 Å². The van der Waals surface area contributed by atoms with E-state index in [4.69, 9.17) is 16.3 Å². The Morgan fingerprint density at radius 2 is 1.85 bits per heavy atom. The molecule has 0 aliphatic carbocycles. The summed E-state index contributed by atoms with van der Waals surface area (Å²) in [5.41, 5.74) is 1.77. The van der Waals surface area contributed by atoms with Crippen molar-refractivity contribution in [3.8, 4) is 0 Å². The normalized spacial score (nSPS) is 10.1. The highest BCUT2D eigenvalue weighted by molar-refractivity contribution is 6.17. The van der Waals surface area contributed by atoms with Gasteiger partial charge in [-0.15, -0.1) is 11.6 Å². The van der Waals surface area contributed by atoms with Crippen LogP contribution in [0.5, 0.6) is 0 Å². The standard InChI is InChI=1S/C14H14ClN3O2/c15-6-12-7-16-13(17-8-12)9-18-14(19)20-10-11-4-2-1-3-5-11/h1-5,7-8H,6,9-10H2,(H,18,19). The van der Waals surface area contributed by atoms with E-state index in [0.29, 0.717) is 11.7 Å². The van der Waals surface area contributed by atoms with Gasteiger partial charge in [0.2, 0.25) is 0 Å². The van der Waals surface area contributed by atoms with E-state index in [1.54, 1.807) is 12.4 Å². The lowest BCUT2D eigenvalue weighted by atomic mass is 10.2. The molecule has 2 aromatic rings. The number of hydrogen-bond acceptors (Lipinski definition) is 4. The minimum absolute atomic E-state index is 0.218. The van der Waals surface area contributed by atoms with E-state index in [-0.39, 0.29) is 13.2 Å². The van der Waals surface area contributed by atoms with Crippen molar-refractivity contribution in [1.82, 2.24) is 15.3 Å². The van der Waals surface area contributed by atoms with Crippen LogP contribution in [-0.2, 0) is 23.8 Å². The van der Waals surface area contributed by atoms with Crippen LogP contribution in [0.15, 0.2) is 42.7 Å². The molecule has 0 unspecified atom stereocenters. The summed E-state index contributed by atoms with van der Waals surface area (Å²) < 4.78 is 5.07. The fourth-order valence-corrected chi connectivity index (χ4v) is 1.61. The van der Waals surface area contributed by atoms with Gasteiger partial charge in [-0.2, -0.15) is 0 Å². The molecule has 6 heteroatoms. The fourth-order valence-electron chi connectivity index (χ4n) is 1.47. The Hall–Kier alpha value is -2.14. The van der Waals surface area contributed by atoms with Crippen LogP contribution in [0.25, 0.3) is 0 Å². The molecule has 0 fully saturated rings. The van der Waals surface area contributed by atoms with Gasteiger partial charge < -0.3 is 10.1 Å². The lowest BCUT2D eigenvalue weighted by molar-refractivity contribution is 0.139. The van der Waals surface area contributed by atoms with Crippen LogP contribution >= 0.6 is 11.6 Å². The first-order valence-electron chi connectivity index (χ1n) is 6.08. The summed E-state index contributed by atoms with van der Waals surface area (Å²) >= 11 is 5.64. The van der Waals surface area contributed by atoms with Crippen molar-refractivity contribution in [1.29, 1.82) is 0 Å². The summed E-state index contributed by atoms with van der Waals surface area (Å²) in [6.45, 7) is 0.453. The van der Waals surface area contributed by atoms with Gasteiger partial charge in [0.15, 0.2) is 0 Å². The zero-order chi connectivity index (χ0) is 14.2. The number of carbonyl (C=O) groups excluding carboxylic acids is 1. The number of halogens is 1. The highest BCUT2D eigenvalue weighted by Crippen LogP contribution is 2.01. The predicted octanol–water partition coefficient (Wildman–Crippen LogP) is 2.64. The molecule has 1 aromatic heterocycles. The van der Waals surface area contributed by atoms with Crippen molar-refractivity contribution in [2.45, 2.75) is 19.0 Å². The molecular formula is C14H14ClN3O2. The fraction of sp³-hybridized carbons (Fsp3) is 0.214. The molecule has 0 aliphatic rings. The van der Waals surface area contributed by atoms with Gasteiger partial charge in [-0.3, -0.25) is 0 Å². The van der Waals surface area contributed by atoms with Crippen molar-refractivity contribution in [3.63, 3.8) is 0 Å². The topological polar surface area (TPSA) is 64.1 Å². The quantitative estimate of drug-likeness (QED) is 0.860. The Kier molecular flexibility index (Phi) is 5.32. The maximum absolute atomic E-state index is 11.5. The minimum Gasteiger partial charge on any atom is -0.445 e. The lowest BCUT2D eigenvalue weighted by Crippen LogP contribution is -2.24. The number of amides is 1. The zero-order valence-corrected chi connectivity index (χ0v) is 11.5. The maximum atomic E-state index is 11.5. The van der Waals surface area contributed by atoms with Crippen LogP contribution in [0.3, 0.4) is 0 Å². The highest BCUT2D eigenvalue weighted by Gasteiger charge is 2.04. The number of ether oxygens (including phenoxy) is 1. The largest absolute Gasteiger partial charge is 0.445 e. The average molecular weight is 292 g/mol. The SMILES string of the molecule is O=C(NCc1ncc(CCl)cn1)OCc1ccccc1. The summed E-state index contributed by atoms with van der Waals surface area (Å²) in [6.07, 6.45) is 2.76. The van der Waals surface area contributed by atoms with E-state index < -0.39 is 6.09 Å². The first-order valence-corrected chi connectivity index (χ1v) is 6.61. The zero-order valence-electron chi connectivity index (χ0n) is 10.8. The second-order valence-electron chi connectivity index (χ2n) is 4.06. The molecule has 1 heterocycles. The van der Waals surface area contributed by atoms with Crippen LogP contribution in [0.4, 0.5) is 4.79 Å². The maximum Gasteiger partial charge on any atom is 0.407 e. The molecule has 2 rings (SSSR count). The molecule has 1 aromatic carbocycles. The molecule has 0 saturated heterocycles. The molecular weight excluding hydrogens is 278 g/mol. The second-order valence-corrected chi connectivity index (χ2v) is 4.32. The number of nitrogens with one attached hydrogen (secondary N) is 1. The molecule has 0 saturated carbocycles. The number of alkyl carbamates (subject to hydrolysis) is 1. The molecule has 0 aliphatic heterocycles. The van der Waals surface area contributed by atoms with Gasteiger partial charge in [-0.05, 0) is 5.56 Å². The van der Waals surface area contributed by atoms with E-state index in [0.717, 1.165) is 11.1 Å². The van der Waals surface area contributed by atoms with Gasteiger partial charge in [0, 0.05) is 18.0 Å². The third-order valence-corrected chi connectivity index (χ3v) is 2.83.